The van der Waals surface area contributed by atoms with E-state index in [0.29, 0.717) is 19.3 Å². The number of amides is 5. The first-order chi connectivity index (χ1) is 23.6. The number of halogens is 2. The van der Waals surface area contributed by atoms with Crippen molar-refractivity contribution in [1.82, 2.24) is 36.1 Å². The molecule has 5 N–H and O–H groups in total. The van der Waals surface area contributed by atoms with Crippen LogP contribution < -0.4 is 21.3 Å². The van der Waals surface area contributed by atoms with Gasteiger partial charge in [0.25, 0.3) is 17.7 Å². The van der Waals surface area contributed by atoms with E-state index in [2.05, 4.69) is 31.2 Å². The summed E-state index contributed by atoms with van der Waals surface area (Å²) in [5.41, 5.74) is -0.933. The third-order valence-corrected chi connectivity index (χ3v) is 10.7. The molecular weight excluding hydrogens is 652 g/mol. The lowest BCUT2D eigenvalue weighted by molar-refractivity contribution is -0.146. The second-order valence-electron chi connectivity index (χ2n) is 15.6. The number of carbonyl (C=O) groups is 6. The third-order valence-electron chi connectivity index (χ3n) is 10.7. The highest BCUT2D eigenvalue weighted by Crippen LogP contribution is 2.51. The monoisotopic (exact) mass is 703 g/mol. The molecule has 3 aliphatic carbocycles. The first kappa shape index (κ1) is 37.3. The second-order valence-corrected chi connectivity index (χ2v) is 15.6. The van der Waals surface area contributed by atoms with E-state index in [4.69, 9.17) is 0 Å². The number of carbonyl (C=O) groups excluding carboxylic acids is 6. The van der Waals surface area contributed by atoms with Crippen molar-refractivity contribution < 1.29 is 37.5 Å². The van der Waals surface area contributed by atoms with Gasteiger partial charge in [0, 0.05) is 37.3 Å². The number of aromatic nitrogens is 2. The number of nitrogens with zero attached hydrogens (tertiary/aromatic N) is 2. The lowest BCUT2D eigenvalue weighted by Gasteiger charge is -2.38. The smallest absolute Gasteiger partial charge is 0.289 e. The number of rotatable bonds is 13. The van der Waals surface area contributed by atoms with Gasteiger partial charge < -0.3 is 31.2 Å². The van der Waals surface area contributed by atoms with Crippen LogP contribution in [0.1, 0.15) is 109 Å². The van der Waals surface area contributed by atoms with Crippen molar-refractivity contribution in [2.45, 2.75) is 134 Å². The number of hydrogen-bond acceptors (Lipinski definition) is 7. The number of imidazole rings is 1. The van der Waals surface area contributed by atoms with E-state index in [0.717, 1.165) is 37.0 Å². The van der Waals surface area contributed by atoms with Gasteiger partial charge in [0.2, 0.25) is 23.5 Å². The predicted octanol–water partition coefficient (Wildman–Crippen LogP) is 2.62. The maximum absolute atomic E-state index is 15.2. The van der Waals surface area contributed by atoms with Crippen molar-refractivity contribution in [1.29, 1.82) is 0 Å². The molecule has 1 saturated heterocycles. The van der Waals surface area contributed by atoms with Gasteiger partial charge in [-0.15, -0.1) is 0 Å². The maximum Gasteiger partial charge on any atom is 0.289 e. The largest absolute Gasteiger partial charge is 0.347 e. The van der Waals surface area contributed by atoms with Gasteiger partial charge in [-0.25, -0.2) is 13.8 Å². The van der Waals surface area contributed by atoms with Crippen molar-refractivity contribution in [3.05, 3.63) is 18.2 Å². The molecule has 6 atom stereocenters. The van der Waals surface area contributed by atoms with Crippen molar-refractivity contribution in [2.75, 3.05) is 6.54 Å². The first-order valence-corrected chi connectivity index (χ1v) is 18.1. The van der Waals surface area contributed by atoms with Gasteiger partial charge in [0.05, 0.1) is 6.04 Å². The summed E-state index contributed by atoms with van der Waals surface area (Å²) < 4.78 is 30.4. The molecule has 5 rings (SSSR count). The molecule has 0 bridgehead atoms. The lowest BCUT2D eigenvalue weighted by atomic mass is 9.82. The Labute approximate surface area is 291 Å². The Morgan fingerprint density at radius 2 is 1.70 bits per heavy atom. The fraction of sp³-hybridized carbons (Fsp3) is 0.743. The fourth-order valence-electron chi connectivity index (χ4n) is 7.79. The number of alkyl halides is 2. The Morgan fingerprint density at radius 3 is 2.30 bits per heavy atom. The molecule has 3 saturated carbocycles. The number of fused-ring (bicyclic) bond motifs is 1. The highest BCUT2D eigenvalue weighted by Gasteiger charge is 2.61. The zero-order chi connectivity index (χ0) is 36.4. The topological polar surface area (TPSA) is 182 Å². The number of ketones is 1. The van der Waals surface area contributed by atoms with Crippen LogP contribution in [-0.4, -0.2) is 92.9 Å². The summed E-state index contributed by atoms with van der Waals surface area (Å²) in [4.78, 5) is 89.2. The molecule has 2 heterocycles. The second kappa shape index (κ2) is 15.1. The average Bonchev–Trinajstić information content (AvgIpc) is 3.43. The standard InChI is InChI=1S/C35H51F2N7O6/c1-5-9-23(26(45)31(48)40-20-12-13-20)41-30(47)25-21-14-15-35(36,37)22(21)18-44(25)33(50)27(34(2,3)4)43-29(46)24(19-10-7-6-8-11-19)42-32(49)28-38-16-17-39-28/h16-17,19-25,27H,5-15,18H2,1-4H3,(H,38,39)(H,40,48)(H,41,47)(H,42,49)(H,43,46)/t21-,22-,23-,24-,25?,27+/m0/s1. The number of hydrogen-bond donors (Lipinski definition) is 5. The minimum absolute atomic E-state index is 0.0107. The van der Waals surface area contributed by atoms with Gasteiger partial charge >= 0.3 is 0 Å². The highest BCUT2D eigenvalue weighted by molar-refractivity contribution is 6.38. The Morgan fingerprint density at radius 1 is 1.00 bits per heavy atom. The first-order valence-electron chi connectivity index (χ1n) is 18.1. The van der Waals surface area contributed by atoms with Gasteiger partial charge in [-0.05, 0) is 55.8 Å². The molecule has 50 heavy (non-hydrogen) atoms. The minimum Gasteiger partial charge on any atom is -0.347 e. The average molecular weight is 704 g/mol. The van der Waals surface area contributed by atoms with E-state index in [-0.39, 0.29) is 30.6 Å². The minimum atomic E-state index is -3.12. The van der Waals surface area contributed by atoms with Crippen LogP contribution in [0.5, 0.6) is 0 Å². The molecule has 4 fully saturated rings. The third kappa shape index (κ3) is 8.34. The molecule has 5 amide bonds. The summed E-state index contributed by atoms with van der Waals surface area (Å²) in [5, 5.41) is 10.9. The Bertz CT molecular complexity index is 1440. The molecular formula is C35H51F2N7O6. The fourth-order valence-corrected chi connectivity index (χ4v) is 7.79. The van der Waals surface area contributed by atoms with Crippen LogP contribution in [0.25, 0.3) is 0 Å². The van der Waals surface area contributed by atoms with E-state index in [9.17, 15) is 28.8 Å². The molecule has 1 aromatic heterocycles. The number of H-pyrrole nitrogens is 1. The summed E-state index contributed by atoms with van der Waals surface area (Å²) in [6.07, 6.45) is 8.73. The van der Waals surface area contributed by atoms with E-state index < -0.39 is 95.6 Å². The van der Waals surface area contributed by atoms with E-state index >= 15 is 8.78 Å². The Hall–Kier alpha value is -3.91. The van der Waals surface area contributed by atoms with Crippen LogP contribution >= 0.6 is 0 Å². The number of nitrogens with one attached hydrogen (secondary N) is 5. The van der Waals surface area contributed by atoms with E-state index in [1.54, 1.807) is 27.7 Å². The molecule has 1 aromatic rings. The number of aromatic amines is 1. The maximum atomic E-state index is 15.2. The van der Waals surface area contributed by atoms with E-state index in [1.807, 2.05) is 0 Å². The zero-order valence-electron chi connectivity index (χ0n) is 29.4. The molecule has 13 nitrogen and oxygen atoms in total. The van der Waals surface area contributed by atoms with Crippen LogP contribution in [0.15, 0.2) is 12.4 Å². The van der Waals surface area contributed by atoms with Crippen LogP contribution in [0.4, 0.5) is 8.78 Å². The molecule has 15 heteroatoms. The summed E-state index contributed by atoms with van der Waals surface area (Å²) in [6, 6.07) is -4.84. The Kier molecular flexibility index (Phi) is 11.3. The van der Waals surface area contributed by atoms with Gasteiger partial charge in [-0.3, -0.25) is 28.8 Å². The molecule has 0 radical (unpaired) electrons. The highest BCUT2D eigenvalue weighted by atomic mass is 19.3. The number of Topliss-reactive ketones (excluding diaryl/α,β-unsaturated/α-hetero) is 1. The van der Waals surface area contributed by atoms with E-state index in [1.165, 1.54) is 12.4 Å². The SMILES string of the molecule is CCC[C@H](NC(=O)C1[C@H]2CCC(F)(F)[C@H]2CN1C(=O)[C@@H](NC(=O)[C@@H](NC(=O)c1ncc[nH]1)C1CCCCC1)C(C)(C)C)C(=O)C(=O)NC1CC1. The molecule has 1 aliphatic heterocycles. The molecule has 1 unspecified atom stereocenters. The zero-order valence-corrected chi connectivity index (χ0v) is 29.4. The van der Waals surface area contributed by atoms with Gasteiger partial charge in [0.1, 0.15) is 18.1 Å². The number of likely N-dealkylation sites (tertiary alicyclic amines) is 1. The van der Waals surface area contributed by atoms with Crippen molar-refractivity contribution in [3.8, 4) is 0 Å². The van der Waals surface area contributed by atoms with Crippen molar-refractivity contribution >= 4 is 35.3 Å². The van der Waals surface area contributed by atoms with Crippen LogP contribution in [0.3, 0.4) is 0 Å². The lowest BCUT2D eigenvalue weighted by Crippen LogP contribution is -2.62. The summed E-state index contributed by atoms with van der Waals surface area (Å²) in [7, 11) is 0. The molecule has 276 valence electrons. The molecule has 0 aromatic carbocycles. The van der Waals surface area contributed by atoms with Crippen LogP contribution in [0, 0.1) is 23.2 Å². The Balaban J connectivity index is 1.39. The summed E-state index contributed by atoms with van der Waals surface area (Å²) >= 11 is 0. The van der Waals surface area contributed by atoms with Crippen molar-refractivity contribution in [2.24, 2.45) is 23.2 Å². The van der Waals surface area contributed by atoms with Gasteiger partial charge in [-0.1, -0.05) is 53.4 Å². The summed E-state index contributed by atoms with van der Waals surface area (Å²) in [6.45, 7) is 6.55. The normalized spacial score (nSPS) is 25.2. The van der Waals surface area contributed by atoms with Crippen molar-refractivity contribution in [3.63, 3.8) is 0 Å². The predicted molar refractivity (Wildman–Crippen MR) is 177 cm³/mol. The van der Waals surface area contributed by atoms with Gasteiger partial charge in [0.15, 0.2) is 5.82 Å². The van der Waals surface area contributed by atoms with Crippen LogP contribution in [0.2, 0.25) is 0 Å². The molecule has 0 spiro atoms. The van der Waals surface area contributed by atoms with Crippen LogP contribution in [-0.2, 0) is 24.0 Å². The molecule has 4 aliphatic rings. The van der Waals surface area contributed by atoms with Gasteiger partial charge in [-0.2, -0.15) is 0 Å². The summed E-state index contributed by atoms with van der Waals surface area (Å²) in [5.74, 6) is -9.75. The quantitative estimate of drug-likeness (QED) is 0.196.